The van der Waals surface area contributed by atoms with Gasteiger partial charge in [-0.25, -0.2) is 0 Å². The fourth-order valence-electron chi connectivity index (χ4n) is 3.82. The Bertz CT molecular complexity index is 354. The van der Waals surface area contributed by atoms with Crippen LogP contribution in [0.15, 0.2) is 0 Å². The SMILES string of the molecule is CC1(C)CCCCC1C(=O)N1CC(O)(C2CC2)C1. The van der Waals surface area contributed by atoms with Gasteiger partial charge in [-0.3, -0.25) is 4.79 Å². The van der Waals surface area contributed by atoms with E-state index in [1.807, 2.05) is 4.90 Å². The molecule has 0 aromatic heterocycles. The molecule has 0 aromatic carbocycles. The highest BCUT2D eigenvalue weighted by molar-refractivity contribution is 5.81. The molecule has 0 spiro atoms. The zero-order valence-corrected chi connectivity index (χ0v) is 11.6. The first-order valence-electron chi connectivity index (χ1n) is 7.44. The van der Waals surface area contributed by atoms with Crippen LogP contribution in [0.25, 0.3) is 0 Å². The summed E-state index contributed by atoms with van der Waals surface area (Å²) in [5.41, 5.74) is -0.392. The van der Waals surface area contributed by atoms with E-state index < -0.39 is 5.60 Å². The molecule has 3 fully saturated rings. The van der Waals surface area contributed by atoms with Crippen LogP contribution in [0.1, 0.15) is 52.4 Å². The normalized spacial score (nSPS) is 33.9. The van der Waals surface area contributed by atoms with Gasteiger partial charge in [0.2, 0.25) is 5.91 Å². The Kier molecular flexibility index (Phi) is 2.74. The Hall–Kier alpha value is -0.570. The summed E-state index contributed by atoms with van der Waals surface area (Å²) >= 11 is 0. The number of amides is 1. The van der Waals surface area contributed by atoms with Crippen molar-refractivity contribution in [1.82, 2.24) is 4.90 Å². The van der Waals surface area contributed by atoms with E-state index in [1.54, 1.807) is 0 Å². The van der Waals surface area contributed by atoms with Gasteiger partial charge in [0.15, 0.2) is 0 Å². The maximum atomic E-state index is 12.5. The van der Waals surface area contributed by atoms with Gasteiger partial charge in [0, 0.05) is 5.92 Å². The van der Waals surface area contributed by atoms with Crippen molar-refractivity contribution < 1.29 is 9.90 Å². The largest absolute Gasteiger partial charge is 0.386 e. The van der Waals surface area contributed by atoms with Gasteiger partial charge in [0.25, 0.3) is 0 Å². The third kappa shape index (κ3) is 1.97. The summed E-state index contributed by atoms with van der Waals surface area (Å²) in [6, 6.07) is 0. The zero-order valence-electron chi connectivity index (χ0n) is 11.6. The molecule has 0 aromatic rings. The number of rotatable bonds is 2. The second-order valence-electron chi connectivity index (χ2n) is 7.36. The van der Waals surface area contributed by atoms with Gasteiger partial charge in [0.1, 0.15) is 5.60 Å². The van der Waals surface area contributed by atoms with E-state index in [0.29, 0.717) is 24.9 Å². The number of aliphatic hydroxyl groups is 1. The van der Waals surface area contributed by atoms with Gasteiger partial charge in [-0.05, 0) is 37.0 Å². The number of hydrogen-bond donors (Lipinski definition) is 1. The van der Waals surface area contributed by atoms with Gasteiger partial charge in [0.05, 0.1) is 13.1 Å². The Morgan fingerprint density at radius 3 is 2.39 bits per heavy atom. The van der Waals surface area contributed by atoms with Crippen LogP contribution < -0.4 is 0 Å². The first-order valence-corrected chi connectivity index (χ1v) is 7.44. The van der Waals surface area contributed by atoms with Crippen LogP contribution in [0.5, 0.6) is 0 Å². The lowest BCUT2D eigenvalue weighted by atomic mass is 9.67. The van der Waals surface area contributed by atoms with Crippen LogP contribution in [-0.4, -0.2) is 34.6 Å². The van der Waals surface area contributed by atoms with Gasteiger partial charge < -0.3 is 10.0 Å². The second-order valence-corrected chi connectivity index (χ2v) is 7.36. The minimum absolute atomic E-state index is 0.141. The molecule has 1 amide bonds. The van der Waals surface area contributed by atoms with Gasteiger partial charge in [-0.15, -0.1) is 0 Å². The molecule has 3 nitrogen and oxygen atoms in total. The topological polar surface area (TPSA) is 40.5 Å². The molecule has 2 saturated carbocycles. The van der Waals surface area contributed by atoms with Crippen LogP contribution in [0.3, 0.4) is 0 Å². The van der Waals surface area contributed by atoms with Crippen LogP contribution >= 0.6 is 0 Å². The summed E-state index contributed by atoms with van der Waals surface area (Å²) in [5, 5.41) is 10.3. The monoisotopic (exact) mass is 251 g/mol. The van der Waals surface area contributed by atoms with E-state index in [0.717, 1.165) is 25.7 Å². The predicted molar refractivity (Wildman–Crippen MR) is 70.0 cm³/mol. The Morgan fingerprint density at radius 2 is 1.83 bits per heavy atom. The molecule has 1 heterocycles. The molecule has 3 rings (SSSR count). The van der Waals surface area contributed by atoms with Crippen molar-refractivity contribution in [3.05, 3.63) is 0 Å². The molecule has 1 N–H and O–H groups in total. The average Bonchev–Trinajstić information content (AvgIpc) is 3.07. The number of carbonyl (C=O) groups excluding carboxylic acids is 1. The molecule has 1 unspecified atom stereocenters. The van der Waals surface area contributed by atoms with E-state index in [2.05, 4.69) is 13.8 Å². The van der Waals surface area contributed by atoms with E-state index >= 15 is 0 Å². The van der Waals surface area contributed by atoms with Crippen molar-refractivity contribution in [2.24, 2.45) is 17.3 Å². The molecular weight excluding hydrogens is 226 g/mol. The summed E-state index contributed by atoms with van der Waals surface area (Å²) in [5.74, 6) is 0.945. The van der Waals surface area contributed by atoms with Gasteiger partial charge in [-0.2, -0.15) is 0 Å². The molecule has 0 radical (unpaired) electrons. The average molecular weight is 251 g/mol. The molecule has 102 valence electrons. The highest BCUT2D eigenvalue weighted by Gasteiger charge is 2.54. The van der Waals surface area contributed by atoms with Crippen LogP contribution in [-0.2, 0) is 4.79 Å². The lowest BCUT2D eigenvalue weighted by Gasteiger charge is -2.50. The minimum Gasteiger partial charge on any atom is -0.386 e. The van der Waals surface area contributed by atoms with Gasteiger partial charge in [-0.1, -0.05) is 26.7 Å². The molecular formula is C15H25NO2. The molecule has 1 atom stereocenters. The van der Waals surface area contributed by atoms with Crippen LogP contribution in [0, 0.1) is 17.3 Å². The Labute approximate surface area is 110 Å². The standard InChI is InChI=1S/C15H25NO2/c1-14(2)8-4-3-5-12(14)13(17)16-9-15(18,10-16)11-6-7-11/h11-12,18H,3-10H2,1-2H3. The zero-order chi connectivity index (χ0) is 13.0. The number of hydrogen-bond acceptors (Lipinski definition) is 2. The predicted octanol–water partition coefficient (Wildman–Crippen LogP) is 2.19. The van der Waals surface area contributed by atoms with Crippen molar-refractivity contribution in [2.45, 2.75) is 58.0 Å². The summed E-state index contributed by atoms with van der Waals surface area (Å²) in [6.45, 7) is 5.62. The summed E-state index contributed by atoms with van der Waals surface area (Å²) in [7, 11) is 0. The maximum absolute atomic E-state index is 12.5. The van der Waals surface area contributed by atoms with E-state index in [4.69, 9.17) is 0 Å². The summed E-state index contributed by atoms with van der Waals surface area (Å²) in [6.07, 6.45) is 6.92. The Morgan fingerprint density at radius 1 is 1.17 bits per heavy atom. The fourth-order valence-corrected chi connectivity index (χ4v) is 3.82. The summed E-state index contributed by atoms with van der Waals surface area (Å²) in [4.78, 5) is 14.4. The number of β-amino-alcohol motifs (C(OH)–C–C–N with tert-alkyl or cyclic N) is 1. The van der Waals surface area contributed by atoms with Gasteiger partial charge >= 0.3 is 0 Å². The number of carbonyl (C=O) groups is 1. The molecule has 1 saturated heterocycles. The van der Waals surface area contributed by atoms with Crippen LogP contribution in [0.2, 0.25) is 0 Å². The molecule has 0 bridgehead atoms. The quantitative estimate of drug-likeness (QED) is 0.817. The van der Waals surface area contributed by atoms with E-state index in [9.17, 15) is 9.90 Å². The third-order valence-corrected chi connectivity index (χ3v) is 5.38. The molecule has 18 heavy (non-hydrogen) atoms. The van der Waals surface area contributed by atoms with E-state index in [1.165, 1.54) is 12.8 Å². The lowest BCUT2D eigenvalue weighted by molar-refractivity contribution is -0.168. The Balaban J connectivity index is 1.62. The third-order valence-electron chi connectivity index (χ3n) is 5.38. The molecule has 3 heteroatoms. The molecule has 3 aliphatic rings. The minimum atomic E-state index is -0.533. The highest BCUT2D eigenvalue weighted by atomic mass is 16.3. The van der Waals surface area contributed by atoms with Crippen molar-refractivity contribution >= 4 is 5.91 Å². The van der Waals surface area contributed by atoms with Crippen LogP contribution in [0.4, 0.5) is 0 Å². The second kappa shape index (κ2) is 3.96. The van der Waals surface area contributed by atoms with Crippen molar-refractivity contribution in [2.75, 3.05) is 13.1 Å². The molecule has 2 aliphatic carbocycles. The van der Waals surface area contributed by atoms with Crippen molar-refractivity contribution in [3.63, 3.8) is 0 Å². The van der Waals surface area contributed by atoms with Crippen molar-refractivity contribution in [1.29, 1.82) is 0 Å². The highest BCUT2D eigenvalue weighted by Crippen LogP contribution is 2.47. The first kappa shape index (κ1) is 12.5. The maximum Gasteiger partial charge on any atom is 0.226 e. The first-order chi connectivity index (χ1) is 8.42. The van der Waals surface area contributed by atoms with Crippen molar-refractivity contribution in [3.8, 4) is 0 Å². The smallest absolute Gasteiger partial charge is 0.226 e. The fraction of sp³-hybridized carbons (Fsp3) is 0.933. The summed E-state index contributed by atoms with van der Waals surface area (Å²) < 4.78 is 0. The lowest BCUT2D eigenvalue weighted by Crippen LogP contribution is -2.66. The van der Waals surface area contributed by atoms with E-state index in [-0.39, 0.29) is 11.3 Å². The molecule has 1 aliphatic heterocycles. The number of likely N-dealkylation sites (tertiary alicyclic amines) is 1. The number of nitrogens with zero attached hydrogens (tertiary/aromatic N) is 1.